The minimum Gasteiger partial charge on any atom is -0.394 e. The molecular weight excluding hydrogens is 286 g/mol. The minimum absolute atomic E-state index is 0.170. The number of anilines is 1. The van der Waals surface area contributed by atoms with Crippen LogP contribution in [0, 0.1) is 4.77 Å². The number of imidazole rings is 1. The molecule has 0 spiro atoms. The van der Waals surface area contributed by atoms with Gasteiger partial charge >= 0.3 is 0 Å². The molecule has 2 aromatic rings. The highest BCUT2D eigenvalue weighted by Crippen LogP contribution is 2.31. The summed E-state index contributed by atoms with van der Waals surface area (Å²) in [5.41, 5.74) is 6.47. The van der Waals surface area contributed by atoms with E-state index in [1.807, 2.05) is 0 Å². The van der Waals surface area contributed by atoms with Gasteiger partial charge in [-0.25, -0.2) is 4.98 Å². The molecule has 10 heteroatoms. The SMILES string of the molecule is Nc1[nH]c(=S)nc2c1ncn2C1OC(CO)C(O)[C@@H]1O. The summed E-state index contributed by atoms with van der Waals surface area (Å²) in [6.07, 6.45) is -2.82. The summed E-state index contributed by atoms with van der Waals surface area (Å²) in [4.78, 5) is 10.8. The molecule has 0 amide bonds. The summed E-state index contributed by atoms with van der Waals surface area (Å²) in [5, 5.41) is 28.9. The molecule has 0 aromatic carbocycles. The standard InChI is InChI=1S/C10H13N5O4S/c11-7-4-8(14-10(20)13-7)15(2-12-4)9-6(18)5(17)3(1-16)19-9/h2-3,5-6,9,16-18H,1H2,(H3,11,13,14,20)/t3?,5?,6-,9?/m0/s1. The van der Waals surface area contributed by atoms with E-state index in [0.29, 0.717) is 11.2 Å². The van der Waals surface area contributed by atoms with Crippen molar-refractivity contribution in [2.45, 2.75) is 24.5 Å². The van der Waals surface area contributed by atoms with Gasteiger partial charge < -0.3 is 30.8 Å². The zero-order chi connectivity index (χ0) is 14.4. The first-order valence-electron chi connectivity index (χ1n) is 5.87. The smallest absolute Gasteiger partial charge is 0.200 e. The number of aliphatic hydroxyl groups is 3. The molecule has 1 saturated heterocycles. The van der Waals surface area contributed by atoms with Gasteiger partial charge in [0.05, 0.1) is 12.9 Å². The first-order valence-corrected chi connectivity index (χ1v) is 6.28. The quantitative estimate of drug-likeness (QED) is 0.430. The summed E-state index contributed by atoms with van der Waals surface area (Å²) in [6, 6.07) is 0. The Hall–Kier alpha value is -1.59. The van der Waals surface area contributed by atoms with Crippen molar-refractivity contribution in [2.24, 2.45) is 0 Å². The van der Waals surface area contributed by atoms with Crippen LogP contribution in [-0.4, -0.2) is 59.8 Å². The summed E-state index contributed by atoms with van der Waals surface area (Å²) < 4.78 is 7.01. The molecule has 0 radical (unpaired) electrons. The van der Waals surface area contributed by atoms with E-state index in [-0.39, 0.29) is 10.6 Å². The van der Waals surface area contributed by atoms with E-state index in [0.717, 1.165) is 0 Å². The van der Waals surface area contributed by atoms with Gasteiger partial charge in [0.15, 0.2) is 16.6 Å². The van der Waals surface area contributed by atoms with Crippen LogP contribution >= 0.6 is 12.2 Å². The third-order valence-corrected chi connectivity index (χ3v) is 3.46. The zero-order valence-electron chi connectivity index (χ0n) is 10.2. The van der Waals surface area contributed by atoms with Crippen LogP contribution in [0.1, 0.15) is 6.23 Å². The van der Waals surface area contributed by atoms with Crippen LogP contribution in [0.25, 0.3) is 11.2 Å². The van der Waals surface area contributed by atoms with Crippen molar-refractivity contribution in [3.8, 4) is 0 Å². The highest BCUT2D eigenvalue weighted by Gasteiger charge is 2.43. The molecule has 1 fully saturated rings. The minimum atomic E-state index is -1.22. The number of aromatic nitrogens is 4. The lowest BCUT2D eigenvalue weighted by Crippen LogP contribution is -2.33. The Bertz CT molecular complexity index is 701. The number of ether oxygens (including phenoxy) is 1. The predicted octanol–water partition coefficient (Wildman–Crippen LogP) is -1.32. The van der Waals surface area contributed by atoms with Gasteiger partial charge in [-0.2, -0.15) is 4.98 Å². The van der Waals surface area contributed by atoms with Gasteiger partial charge in [-0.15, -0.1) is 0 Å². The Morgan fingerprint density at radius 3 is 2.85 bits per heavy atom. The van der Waals surface area contributed by atoms with Crippen LogP contribution in [0.4, 0.5) is 5.82 Å². The lowest BCUT2D eigenvalue weighted by Gasteiger charge is -2.16. The Morgan fingerprint density at radius 2 is 2.20 bits per heavy atom. The summed E-state index contributed by atoms with van der Waals surface area (Å²) in [7, 11) is 0. The second-order valence-corrected chi connectivity index (χ2v) is 4.90. The fourth-order valence-electron chi connectivity index (χ4n) is 2.25. The predicted molar refractivity (Wildman–Crippen MR) is 70.1 cm³/mol. The Balaban J connectivity index is 2.09. The van der Waals surface area contributed by atoms with Gasteiger partial charge in [-0.05, 0) is 12.2 Å². The van der Waals surface area contributed by atoms with Crippen molar-refractivity contribution in [3.63, 3.8) is 0 Å². The Labute approximate surface area is 117 Å². The Morgan fingerprint density at radius 1 is 1.45 bits per heavy atom. The van der Waals surface area contributed by atoms with Crippen LogP contribution in [0.15, 0.2) is 6.33 Å². The van der Waals surface area contributed by atoms with E-state index in [2.05, 4.69) is 15.0 Å². The van der Waals surface area contributed by atoms with Crippen molar-refractivity contribution in [1.82, 2.24) is 19.5 Å². The van der Waals surface area contributed by atoms with Gasteiger partial charge in [-0.1, -0.05) is 0 Å². The number of H-pyrrole nitrogens is 1. The monoisotopic (exact) mass is 299 g/mol. The molecule has 1 aliphatic rings. The largest absolute Gasteiger partial charge is 0.394 e. The van der Waals surface area contributed by atoms with Gasteiger partial charge in [0.1, 0.15) is 29.6 Å². The van der Waals surface area contributed by atoms with Crippen molar-refractivity contribution in [2.75, 3.05) is 12.3 Å². The van der Waals surface area contributed by atoms with Crippen molar-refractivity contribution in [3.05, 3.63) is 11.1 Å². The highest BCUT2D eigenvalue weighted by atomic mass is 32.1. The maximum atomic E-state index is 10.0. The molecule has 3 heterocycles. The molecule has 4 atom stereocenters. The molecule has 3 unspecified atom stereocenters. The molecule has 0 saturated carbocycles. The van der Waals surface area contributed by atoms with Gasteiger partial charge in [0.2, 0.25) is 0 Å². The third kappa shape index (κ3) is 1.89. The van der Waals surface area contributed by atoms with Crippen LogP contribution in [0.5, 0.6) is 0 Å². The van der Waals surface area contributed by atoms with E-state index in [1.165, 1.54) is 10.9 Å². The van der Waals surface area contributed by atoms with Crippen LogP contribution in [-0.2, 0) is 4.74 Å². The normalized spacial score (nSPS) is 30.1. The number of aliphatic hydroxyl groups excluding tert-OH is 3. The maximum absolute atomic E-state index is 10.0. The summed E-state index contributed by atoms with van der Waals surface area (Å²) >= 11 is 4.95. The molecular formula is C10H13N5O4S. The molecule has 108 valence electrons. The zero-order valence-corrected chi connectivity index (χ0v) is 11.0. The fraction of sp³-hybridized carbons (Fsp3) is 0.500. The van der Waals surface area contributed by atoms with Crippen LogP contribution in [0.2, 0.25) is 0 Å². The average Bonchev–Trinajstić information content (AvgIpc) is 2.93. The summed E-state index contributed by atoms with van der Waals surface area (Å²) in [5.74, 6) is 0.255. The van der Waals surface area contributed by atoms with Crippen LogP contribution < -0.4 is 5.73 Å². The summed E-state index contributed by atoms with van der Waals surface area (Å²) in [6.45, 7) is -0.406. The highest BCUT2D eigenvalue weighted by molar-refractivity contribution is 7.71. The maximum Gasteiger partial charge on any atom is 0.200 e. The number of hydrogen-bond acceptors (Lipinski definition) is 8. The van der Waals surface area contributed by atoms with Crippen molar-refractivity contribution >= 4 is 29.2 Å². The fourth-order valence-corrected chi connectivity index (χ4v) is 2.45. The second-order valence-electron chi connectivity index (χ2n) is 4.51. The van der Waals surface area contributed by atoms with Crippen LogP contribution in [0.3, 0.4) is 0 Å². The van der Waals surface area contributed by atoms with E-state index < -0.39 is 31.1 Å². The van der Waals surface area contributed by atoms with Crippen molar-refractivity contribution < 1.29 is 20.1 Å². The number of fused-ring (bicyclic) bond motifs is 1. The first-order chi connectivity index (χ1) is 9.52. The third-order valence-electron chi connectivity index (χ3n) is 3.26. The lowest BCUT2D eigenvalue weighted by atomic mass is 10.1. The topological polar surface area (TPSA) is 142 Å². The molecule has 6 N–H and O–H groups in total. The molecule has 20 heavy (non-hydrogen) atoms. The lowest BCUT2D eigenvalue weighted by molar-refractivity contribution is -0.0511. The molecule has 0 bridgehead atoms. The van der Waals surface area contributed by atoms with E-state index in [1.54, 1.807) is 0 Å². The number of aromatic amines is 1. The number of rotatable bonds is 2. The van der Waals surface area contributed by atoms with E-state index in [9.17, 15) is 10.2 Å². The van der Waals surface area contributed by atoms with E-state index >= 15 is 0 Å². The Kier molecular flexibility index (Phi) is 3.18. The molecule has 0 aliphatic carbocycles. The molecule has 1 aliphatic heterocycles. The molecule has 3 rings (SSSR count). The number of hydrogen-bond donors (Lipinski definition) is 5. The van der Waals surface area contributed by atoms with Gasteiger partial charge in [-0.3, -0.25) is 4.57 Å². The van der Waals surface area contributed by atoms with Gasteiger partial charge in [0.25, 0.3) is 0 Å². The van der Waals surface area contributed by atoms with Crippen molar-refractivity contribution in [1.29, 1.82) is 0 Å². The number of nitrogens with two attached hydrogens (primary N) is 1. The average molecular weight is 299 g/mol. The van der Waals surface area contributed by atoms with Gasteiger partial charge in [0, 0.05) is 0 Å². The number of nitrogens with one attached hydrogen (secondary N) is 1. The second kappa shape index (κ2) is 4.75. The number of nitrogens with zero attached hydrogens (tertiary/aromatic N) is 3. The number of nitrogen functional groups attached to an aromatic ring is 1. The van der Waals surface area contributed by atoms with E-state index in [4.69, 9.17) is 27.8 Å². The molecule has 9 nitrogen and oxygen atoms in total. The molecule has 2 aromatic heterocycles. The first kappa shape index (κ1) is 13.4.